The lowest BCUT2D eigenvalue weighted by molar-refractivity contribution is 0.0661. The van der Waals surface area contributed by atoms with E-state index in [0.717, 1.165) is 31.7 Å². The second kappa shape index (κ2) is 6.96. The molecule has 5 heteroatoms. The highest BCUT2D eigenvalue weighted by atomic mass is 19.1. The lowest BCUT2D eigenvalue weighted by Gasteiger charge is -2.35. The van der Waals surface area contributed by atoms with Crippen molar-refractivity contribution in [2.45, 2.75) is 6.10 Å². The number of β-amino-alcohol motifs (C(OH)–C–C–N with tert-alkyl or cyclic N) is 2. The monoisotopic (exact) mass is 268 g/mol. The van der Waals surface area contributed by atoms with Crippen molar-refractivity contribution in [3.05, 3.63) is 35.6 Å². The van der Waals surface area contributed by atoms with Gasteiger partial charge in [-0.1, -0.05) is 12.1 Å². The molecule has 1 atom stereocenters. The molecule has 1 heterocycles. The van der Waals surface area contributed by atoms with Gasteiger partial charge in [-0.3, -0.25) is 9.80 Å². The van der Waals surface area contributed by atoms with E-state index in [-0.39, 0.29) is 12.4 Å². The molecule has 1 fully saturated rings. The molecule has 1 aromatic carbocycles. The van der Waals surface area contributed by atoms with Gasteiger partial charge in [-0.25, -0.2) is 4.39 Å². The molecule has 0 spiro atoms. The molecule has 106 valence electrons. The Morgan fingerprint density at radius 3 is 2.21 bits per heavy atom. The van der Waals surface area contributed by atoms with E-state index in [1.54, 1.807) is 12.1 Å². The maximum atomic E-state index is 12.8. The predicted molar refractivity (Wildman–Crippen MR) is 71.3 cm³/mol. The Morgan fingerprint density at radius 2 is 1.63 bits per heavy atom. The summed E-state index contributed by atoms with van der Waals surface area (Å²) in [5.74, 6) is -0.284. The van der Waals surface area contributed by atoms with E-state index in [1.807, 2.05) is 0 Å². The minimum atomic E-state index is -0.579. The number of aliphatic hydroxyl groups is 2. The van der Waals surface area contributed by atoms with Crippen molar-refractivity contribution >= 4 is 0 Å². The lowest BCUT2D eigenvalue weighted by atomic mass is 10.1. The Bertz CT molecular complexity index is 378. The highest BCUT2D eigenvalue weighted by molar-refractivity contribution is 5.18. The smallest absolute Gasteiger partial charge is 0.123 e. The fourth-order valence-electron chi connectivity index (χ4n) is 2.37. The van der Waals surface area contributed by atoms with Crippen LogP contribution in [0.25, 0.3) is 0 Å². The molecule has 0 aromatic heterocycles. The van der Waals surface area contributed by atoms with Gasteiger partial charge < -0.3 is 10.2 Å². The van der Waals surface area contributed by atoms with Crippen LogP contribution in [0.15, 0.2) is 24.3 Å². The molecule has 1 saturated heterocycles. The summed E-state index contributed by atoms with van der Waals surface area (Å²) in [4.78, 5) is 4.41. The Hall–Kier alpha value is -1.01. The first kappa shape index (κ1) is 14.4. The van der Waals surface area contributed by atoms with Crippen LogP contribution in [0.1, 0.15) is 11.7 Å². The van der Waals surface area contributed by atoms with Crippen LogP contribution in [0.5, 0.6) is 0 Å². The van der Waals surface area contributed by atoms with Gasteiger partial charge >= 0.3 is 0 Å². The standard InChI is InChI=1S/C14H21FN2O2/c15-13-3-1-12(2-4-13)14(19)11-17-7-5-16(6-8-17)9-10-18/h1-4,14,18-19H,5-11H2. The van der Waals surface area contributed by atoms with E-state index in [9.17, 15) is 9.50 Å². The fraction of sp³-hybridized carbons (Fsp3) is 0.571. The van der Waals surface area contributed by atoms with Gasteiger partial charge in [0.05, 0.1) is 12.7 Å². The first-order valence-electron chi connectivity index (χ1n) is 6.68. The van der Waals surface area contributed by atoms with E-state index < -0.39 is 6.10 Å². The SMILES string of the molecule is OCCN1CCN(CC(O)c2ccc(F)cc2)CC1. The Kier molecular flexibility index (Phi) is 5.27. The molecule has 19 heavy (non-hydrogen) atoms. The minimum absolute atomic E-state index is 0.193. The van der Waals surface area contributed by atoms with Crippen molar-refractivity contribution in [2.24, 2.45) is 0 Å². The predicted octanol–water partition coefficient (Wildman–Crippen LogP) is 0.469. The Balaban J connectivity index is 1.80. The lowest BCUT2D eigenvalue weighted by Crippen LogP contribution is -2.48. The van der Waals surface area contributed by atoms with Gasteiger partial charge in [0.15, 0.2) is 0 Å². The first-order valence-corrected chi connectivity index (χ1v) is 6.68. The van der Waals surface area contributed by atoms with Crippen LogP contribution < -0.4 is 0 Å². The number of rotatable bonds is 5. The molecule has 4 nitrogen and oxygen atoms in total. The molecule has 0 bridgehead atoms. The topological polar surface area (TPSA) is 46.9 Å². The average Bonchev–Trinajstić information content (AvgIpc) is 2.42. The second-order valence-electron chi connectivity index (χ2n) is 4.93. The Labute approximate surface area is 113 Å². The molecule has 2 N–H and O–H groups in total. The van der Waals surface area contributed by atoms with Crippen LogP contribution in [0.2, 0.25) is 0 Å². The fourth-order valence-corrected chi connectivity index (χ4v) is 2.37. The van der Waals surface area contributed by atoms with Crippen LogP contribution in [-0.4, -0.2) is 65.9 Å². The van der Waals surface area contributed by atoms with Gasteiger partial charge in [-0.05, 0) is 17.7 Å². The van der Waals surface area contributed by atoms with E-state index in [0.29, 0.717) is 13.1 Å². The number of hydrogen-bond acceptors (Lipinski definition) is 4. The van der Waals surface area contributed by atoms with Gasteiger partial charge in [0.1, 0.15) is 5.82 Å². The van der Waals surface area contributed by atoms with Gasteiger partial charge in [-0.15, -0.1) is 0 Å². The molecule has 1 aliphatic heterocycles. The van der Waals surface area contributed by atoms with E-state index in [1.165, 1.54) is 12.1 Å². The number of benzene rings is 1. The number of halogens is 1. The van der Waals surface area contributed by atoms with Gasteiger partial charge in [0.25, 0.3) is 0 Å². The van der Waals surface area contributed by atoms with Gasteiger partial charge in [-0.2, -0.15) is 0 Å². The second-order valence-corrected chi connectivity index (χ2v) is 4.93. The van der Waals surface area contributed by atoms with Crippen LogP contribution in [0.3, 0.4) is 0 Å². The van der Waals surface area contributed by atoms with E-state index in [2.05, 4.69) is 9.80 Å². The summed E-state index contributed by atoms with van der Waals surface area (Å²) in [7, 11) is 0. The third-order valence-electron chi connectivity index (χ3n) is 3.57. The van der Waals surface area contributed by atoms with Crippen molar-refractivity contribution < 1.29 is 14.6 Å². The summed E-state index contributed by atoms with van der Waals surface area (Å²) < 4.78 is 12.8. The molecule has 0 radical (unpaired) electrons. The molecule has 0 amide bonds. The van der Waals surface area contributed by atoms with Crippen LogP contribution in [-0.2, 0) is 0 Å². The van der Waals surface area contributed by atoms with Crippen LogP contribution >= 0.6 is 0 Å². The van der Waals surface area contributed by atoms with Crippen LogP contribution in [0, 0.1) is 5.82 Å². The summed E-state index contributed by atoms with van der Waals surface area (Å²) in [6.45, 7) is 5.08. The number of hydrogen-bond donors (Lipinski definition) is 2. The largest absolute Gasteiger partial charge is 0.395 e. The molecule has 1 unspecified atom stereocenters. The zero-order valence-electron chi connectivity index (χ0n) is 11.0. The maximum Gasteiger partial charge on any atom is 0.123 e. The zero-order valence-corrected chi connectivity index (χ0v) is 11.0. The number of nitrogens with zero attached hydrogens (tertiary/aromatic N) is 2. The van der Waals surface area contributed by atoms with Gasteiger partial charge in [0, 0.05) is 39.3 Å². The Morgan fingerprint density at radius 1 is 1.05 bits per heavy atom. The third-order valence-corrected chi connectivity index (χ3v) is 3.57. The summed E-state index contributed by atoms with van der Waals surface area (Å²) in [6.07, 6.45) is -0.579. The summed E-state index contributed by atoms with van der Waals surface area (Å²) in [6, 6.07) is 6.00. The summed E-state index contributed by atoms with van der Waals surface area (Å²) >= 11 is 0. The molecule has 1 aliphatic rings. The molecular weight excluding hydrogens is 247 g/mol. The molecule has 2 rings (SSSR count). The number of piperazine rings is 1. The highest BCUT2D eigenvalue weighted by Crippen LogP contribution is 2.15. The molecule has 0 saturated carbocycles. The first-order chi connectivity index (χ1) is 9.19. The van der Waals surface area contributed by atoms with Crippen molar-refractivity contribution in [1.82, 2.24) is 9.80 Å². The summed E-state index contributed by atoms with van der Waals surface area (Å²) in [5, 5.41) is 19.0. The minimum Gasteiger partial charge on any atom is -0.395 e. The maximum absolute atomic E-state index is 12.8. The third kappa shape index (κ3) is 4.24. The number of aliphatic hydroxyl groups excluding tert-OH is 2. The molecule has 1 aromatic rings. The molecular formula is C14H21FN2O2. The zero-order chi connectivity index (χ0) is 13.7. The van der Waals surface area contributed by atoms with Crippen molar-refractivity contribution in [1.29, 1.82) is 0 Å². The molecule has 0 aliphatic carbocycles. The normalized spacial score (nSPS) is 19.5. The van der Waals surface area contributed by atoms with E-state index in [4.69, 9.17) is 5.11 Å². The average molecular weight is 268 g/mol. The van der Waals surface area contributed by atoms with Crippen molar-refractivity contribution in [3.8, 4) is 0 Å². The quantitative estimate of drug-likeness (QED) is 0.815. The van der Waals surface area contributed by atoms with Gasteiger partial charge in [0.2, 0.25) is 0 Å². The van der Waals surface area contributed by atoms with Crippen molar-refractivity contribution in [2.75, 3.05) is 45.9 Å². The van der Waals surface area contributed by atoms with Crippen molar-refractivity contribution in [3.63, 3.8) is 0 Å². The summed E-state index contributed by atoms with van der Waals surface area (Å²) in [5.41, 5.74) is 0.749. The van der Waals surface area contributed by atoms with Crippen LogP contribution in [0.4, 0.5) is 4.39 Å². The highest BCUT2D eigenvalue weighted by Gasteiger charge is 2.19. The van der Waals surface area contributed by atoms with E-state index >= 15 is 0 Å².